The lowest BCUT2D eigenvalue weighted by Gasteiger charge is -2.21. The molecule has 0 saturated heterocycles. The van der Waals surface area contributed by atoms with Gasteiger partial charge in [-0.15, -0.1) is 0 Å². The minimum absolute atomic E-state index is 0.0391. The summed E-state index contributed by atoms with van der Waals surface area (Å²) < 4.78 is 7.62. The quantitative estimate of drug-likeness (QED) is 0.721. The number of benzene rings is 1. The van der Waals surface area contributed by atoms with Crippen molar-refractivity contribution in [2.45, 2.75) is 32.3 Å². The molecule has 0 aliphatic carbocycles. The summed E-state index contributed by atoms with van der Waals surface area (Å²) in [5, 5.41) is 4.19. The van der Waals surface area contributed by atoms with E-state index in [9.17, 15) is 4.79 Å². The summed E-state index contributed by atoms with van der Waals surface area (Å²) in [6, 6.07) is 9.79. The summed E-state index contributed by atoms with van der Waals surface area (Å²) in [6.45, 7) is 4.61. The van der Waals surface area contributed by atoms with E-state index in [2.05, 4.69) is 35.0 Å². The van der Waals surface area contributed by atoms with Crippen molar-refractivity contribution in [1.29, 1.82) is 0 Å². The molecule has 0 saturated carbocycles. The van der Waals surface area contributed by atoms with Gasteiger partial charge < -0.3 is 9.64 Å². The van der Waals surface area contributed by atoms with Crippen molar-refractivity contribution < 1.29 is 9.53 Å². The van der Waals surface area contributed by atoms with Crippen LogP contribution in [0.25, 0.3) is 5.78 Å². The third-order valence-corrected chi connectivity index (χ3v) is 4.63. The normalized spacial score (nSPS) is 15.9. The van der Waals surface area contributed by atoms with Crippen LogP contribution in [0.4, 0.5) is 0 Å². The van der Waals surface area contributed by atoms with E-state index in [-0.39, 0.29) is 17.9 Å². The van der Waals surface area contributed by atoms with Crippen LogP contribution in [0.5, 0.6) is 5.75 Å². The topological polar surface area (TPSA) is 72.6 Å². The van der Waals surface area contributed by atoms with Gasteiger partial charge in [-0.1, -0.05) is 32.0 Å². The van der Waals surface area contributed by atoms with Crippen molar-refractivity contribution in [1.82, 2.24) is 24.5 Å². The van der Waals surface area contributed by atoms with Crippen LogP contribution in [0.3, 0.4) is 0 Å². The molecule has 2 aromatic heterocycles. The SMILES string of the molecule is CC(C)c1cc(C(=O)N(C)CC2Cc3ccccc3O2)nc2ncnn12. The van der Waals surface area contributed by atoms with E-state index in [0.717, 1.165) is 17.9 Å². The Kier molecular flexibility index (Phi) is 4.06. The predicted molar refractivity (Wildman–Crippen MR) is 96.4 cm³/mol. The highest BCUT2D eigenvalue weighted by Crippen LogP contribution is 2.28. The van der Waals surface area contributed by atoms with E-state index in [4.69, 9.17) is 4.74 Å². The molecule has 1 amide bonds. The van der Waals surface area contributed by atoms with Crippen molar-refractivity contribution >= 4 is 11.7 Å². The lowest BCUT2D eigenvalue weighted by molar-refractivity contribution is 0.0724. The Hall–Kier alpha value is -2.96. The maximum Gasteiger partial charge on any atom is 0.272 e. The highest BCUT2D eigenvalue weighted by Gasteiger charge is 2.26. The maximum absolute atomic E-state index is 12.9. The lowest BCUT2D eigenvalue weighted by Crippen LogP contribution is -2.37. The van der Waals surface area contributed by atoms with E-state index in [1.54, 1.807) is 22.5 Å². The number of amides is 1. The molecule has 0 fully saturated rings. The number of para-hydroxylation sites is 1. The number of fused-ring (bicyclic) bond motifs is 2. The zero-order valence-electron chi connectivity index (χ0n) is 15.1. The molecule has 134 valence electrons. The molecule has 1 aliphatic heterocycles. The van der Waals surface area contributed by atoms with E-state index >= 15 is 0 Å². The van der Waals surface area contributed by atoms with Crippen LogP contribution in [-0.2, 0) is 6.42 Å². The van der Waals surface area contributed by atoms with E-state index in [0.29, 0.717) is 18.0 Å². The summed E-state index contributed by atoms with van der Waals surface area (Å²) >= 11 is 0. The smallest absolute Gasteiger partial charge is 0.272 e. The van der Waals surface area contributed by atoms with Gasteiger partial charge in [0.25, 0.3) is 11.7 Å². The Morgan fingerprint density at radius 2 is 2.19 bits per heavy atom. The largest absolute Gasteiger partial charge is 0.488 e. The molecule has 4 rings (SSSR count). The van der Waals surface area contributed by atoms with Crippen molar-refractivity contribution in [2.24, 2.45) is 0 Å². The predicted octanol–water partition coefficient (Wildman–Crippen LogP) is 2.32. The number of aromatic nitrogens is 4. The first kappa shape index (κ1) is 16.5. The van der Waals surface area contributed by atoms with Crippen LogP contribution in [0, 0.1) is 0 Å². The van der Waals surface area contributed by atoms with Gasteiger partial charge in [-0.25, -0.2) is 9.50 Å². The fraction of sp³-hybridized carbons (Fsp3) is 0.368. The third kappa shape index (κ3) is 2.89. The molecule has 0 spiro atoms. The van der Waals surface area contributed by atoms with Crippen LogP contribution in [0.15, 0.2) is 36.7 Å². The first-order valence-corrected chi connectivity index (χ1v) is 8.73. The van der Waals surface area contributed by atoms with Gasteiger partial charge in [0.2, 0.25) is 0 Å². The summed E-state index contributed by atoms with van der Waals surface area (Å²) in [4.78, 5) is 23.1. The average molecular weight is 351 g/mol. The van der Waals surface area contributed by atoms with Gasteiger partial charge in [0.05, 0.1) is 12.2 Å². The Bertz CT molecular complexity index is 940. The van der Waals surface area contributed by atoms with Crippen LogP contribution >= 0.6 is 0 Å². The van der Waals surface area contributed by atoms with Crippen LogP contribution in [0.1, 0.15) is 41.5 Å². The van der Waals surface area contributed by atoms with Gasteiger partial charge in [0.1, 0.15) is 23.9 Å². The summed E-state index contributed by atoms with van der Waals surface area (Å²) in [7, 11) is 1.78. The molecule has 0 bridgehead atoms. The number of likely N-dealkylation sites (N-methyl/N-ethyl adjacent to an activating group) is 1. The number of carbonyl (C=O) groups is 1. The van der Waals surface area contributed by atoms with Crippen molar-refractivity contribution in [3.05, 3.63) is 53.6 Å². The van der Waals surface area contributed by atoms with Crippen molar-refractivity contribution in [3.8, 4) is 5.75 Å². The first-order chi connectivity index (χ1) is 12.5. The van der Waals surface area contributed by atoms with Gasteiger partial charge in [-0.3, -0.25) is 4.79 Å². The Labute approximate surface area is 151 Å². The Morgan fingerprint density at radius 3 is 2.96 bits per heavy atom. The lowest BCUT2D eigenvalue weighted by atomic mass is 10.1. The molecular formula is C19H21N5O2. The molecular weight excluding hydrogens is 330 g/mol. The summed E-state index contributed by atoms with van der Waals surface area (Å²) in [6.07, 6.45) is 2.22. The van der Waals surface area contributed by atoms with E-state index in [1.807, 2.05) is 18.2 Å². The molecule has 1 aliphatic rings. The first-order valence-electron chi connectivity index (χ1n) is 8.73. The van der Waals surface area contributed by atoms with E-state index < -0.39 is 0 Å². The number of ether oxygens (including phenoxy) is 1. The zero-order valence-corrected chi connectivity index (χ0v) is 15.1. The van der Waals surface area contributed by atoms with Gasteiger partial charge in [0.15, 0.2) is 0 Å². The summed E-state index contributed by atoms with van der Waals surface area (Å²) in [5.74, 6) is 1.41. The number of hydrogen-bond acceptors (Lipinski definition) is 5. The minimum Gasteiger partial charge on any atom is -0.488 e. The zero-order chi connectivity index (χ0) is 18.3. The second-order valence-electron chi connectivity index (χ2n) is 6.93. The van der Waals surface area contributed by atoms with Gasteiger partial charge in [0, 0.05) is 13.5 Å². The average Bonchev–Trinajstić information content (AvgIpc) is 3.25. The second kappa shape index (κ2) is 6.40. The molecule has 1 aromatic carbocycles. The minimum atomic E-state index is -0.142. The standard InChI is InChI=1S/C19H21N5O2/c1-12(2)16-9-15(22-19-20-11-21-24(16)19)18(25)23(3)10-14-8-13-6-4-5-7-17(13)26-14/h4-7,9,11-12,14H,8,10H2,1-3H3. The fourth-order valence-electron chi connectivity index (χ4n) is 3.30. The van der Waals surface area contributed by atoms with Gasteiger partial charge >= 0.3 is 0 Å². The number of rotatable bonds is 4. The number of nitrogens with zero attached hydrogens (tertiary/aromatic N) is 5. The van der Waals surface area contributed by atoms with Gasteiger partial charge in [-0.05, 0) is 23.6 Å². The monoisotopic (exact) mass is 351 g/mol. The van der Waals surface area contributed by atoms with E-state index in [1.165, 1.54) is 11.9 Å². The fourth-order valence-corrected chi connectivity index (χ4v) is 3.30. The molecule has 7 heteroatoms. The molecule has 7 nitrogen and oxygen atoms in total. The van der Waals surface area contributed by atoms with Crippen LogP contribution < -0.4 is 4.74 Å². The highest BCUT2D eigenvalue weighted by atomic mass is 16.5. The van der Waals surface area contributed by atoms with Gasteiger partial charge in [-0.2, -0.15) is 10.1 Å². The van der Waals surface area contributed by atoms with Crippen LogP contribution in [-0.4, -0.2) is 50.1 Å². The van der Waals surface area contributed by atoms with Crippen molar-refractivity contribution in [2.75, 3.05) is 13.6 Å². The highest BCUT2D eigenvalue weighted by molar-refractivity contribution is 5.92. The third-order valence-electron chi connectivity index (χ3n) is 4.63. The Morgan fingerprint density at radius 1 is 1.38 bits per heavy atom. The maximum atomic E-state index is 12.9. The molecule has 0 radical (unpaired) electrons. The van der Waals surface area contributed by atoms with Crippen molar-refractivity contribution in [3.63, 3.8) is 0 Å². The number of carbonyl (C=O) groups excluding carboxylic acids is 1. The molecule has 1 atom stereocenters. The number of hydrogen-bond donors (Lipinski definition) is 0. The van der Waals surface area contributed by atoms with Crippen LogP contribution in [0.2, 0.25) is 0 Å². The molecule has 3 aromatic rings. The summed E-state index contributed by atoms with van der Waals surface area (Å²) in [5.41, 5.74) is 2.48. The molecule has 3 heterocycles. The Balaban J connectivity index is 1.53. The second-order valence-corrected chi connectivity index (χ2v) is 6.93. The molecule has 0 N–H and O–H groups in total. The molecule has 26 heavy (non-hydrogen) atoms. The molecule has 1 unspecified atom stereocenters.